The fourth-order valence-corrected chi connectivity index (χ4v) is 6.24. The van der Waals surface area contributed by atoms with E-state index in [-0.39, 0.29) is 39.9 Å². The van der Waals surface area contributed by atoms with E-state index in [1.165, 1.54) is 121 Å². The van der Waals surface area contributed by atoms with Crippen molar-refractivity contribution in [2.24, 2.45) is 0 Å². The molecule has 0 bridgehead atoms. The molecule has 2 unspecified atom stereocenters. The Morgan fingerprint density at radius 1 is 0.314 bits per heavy atom. The highest BCUT2D eigenvalue weighted by Crippen LogP contribution is 2.29. The van der Waals surface area contributed by atoms with E-state index in [0.717, 1.165) is 34.6 Å². The zero-order valence-corrected chi connectivity index (χ0v) is 37.9. The normalized spacial score (nSPS) is 11.7. The standard InChI is InChI=1S/C50H42O20/c1-28(51)63-38-21-11-6-16-33(38)46(56)61-26-43(68-48(58)35-18-8-13-23-40(35)65-30(3)53)45(70-50(60)37-20-10-15-25-42(37)67-32(5)55)44(69-49(59)36-19-9-14-24-41(36)66-31(4)54)27-62-47(57)34-17-7-12-22-39(34)64-29(2)52/h6-25,43-45H,26-27H2,1-5H3. The fraction of sp³-hybridized carbons (Fsp3) is 0.200. The maximum Gasteiger partial charge on any atom is 0.342 e. The Kier molecular flexibility index (Phi) is 18.1. The summed E-state index contributed by atoms with van der Waals surface area (Å²) in [6.07, 6.45) is -6.48. The molecule has 0 N–H and O–H groups in total. The third kappa shape index (κ3) is 14.6. The Labute approximate surface area is 398 Å². The molecule has 0 radical (unpaired) electrons. The molecule has 0 heterocycles. The maximum atomic E-state index is 14.4. The van der Waals surface area contributed by atoms with Crippen molar-refractivity contribution in [1.82, 2.24) is 0 Å². The quantitative estimate of drug-likeness (QED) is 0.0521. The van der Waals surface area contributed by atoms with E-state index in [4.69, 9.17) is 47.4 Å². The molecule has 0 aliphatic carbocycles. The largest absolute Gasteiger partial charge is 0.458 e. The summed E-state index contributed by atoms with van der Waals surface area (Å²) in [5.41, 5.74) is -1.82. The topological polar surface area (TPSA) is 263 Å². The highest BCUT2D eigenvalue weighted by Gasteiger charge is 2.42. The van der Waals surface area contributed by atoms with Gasteiger partial charge in [-0.25, -0.2) is 24.0 Å². The summed E-state index contributed by atoms with van der Waals surface area (Å²) in [5, 5.41) is 0. The Bertz CT molecular complexity index is 2660. The number of hydrogen-bond donors (Lipinski definition) is 0. The number of para-hydroxylation sites is 5. The van der Waals surface area contributed by atoms with Crippen LogP contribution < -0.4 is 23.7 Å². The van der Waals surface area contributed by atoms with Crippen LogP contribution in [0.15, 0.2) is 121 Å². The van der Waals surface area contributed by atoms with Gasteiger partial charge >= 0.3 is 59.7 Å². The number of rotatable bonds is 19. The van der Waals surface area contributed by atoms with Crippen molar-refractivity contribution in [3.8, 4) is 28.7 Å². The number of carbonyl (C=O) groups is 10. The zero-order chi connectivity index (χ0) is 50.9. The Morgan fingerprint density at radius 3 is 0.771 bits per heavy atom. The van der Waals surface area contributed by atoms with Gasteiger partial charge in [0.2, 0.25) is 0 Å². The lowest BCUT2D eigenvalue weighted by Crippen LogP contribution is -2.50. The van der Waals surface area contributed by atoms with Crippen LogP contribution in [0, 0.1) is 0 Å². The van der Waals surface area contributed by atoms with Gasteiger partial charge in [-0.2, -0.15) is 0 Å². The second kappa shape index (κ2) is 24.5. The lowest BCUT2D eigenvalue weighted by Gasteiger charge is -2.32. The molecule has 0 aromatic heterocycles. The van der Waals surface area contributed by atoms with E-state index in [2.05, 4.69) is 0 Å². The van der Waals surface area contributed by atoms with Gasteiger partial charge in [-0.3, -0.25) is 24.0 Å². The van der Waals surface area contributed by atoms with Crippen molar-refractivity contribution in [3.63, 3.8) is 0 Å². The number of esters is 10. The molecule has 5 aromatic rings. The molecule has 20 nitrogen and oxygen atoms in total. The lowest BCUT2D eigenvalue weighted by atomic mass is 10.1. The second-order valence-corrected chi connectivity index (χ2v) is 14.4. The third-order valence-corrected chi connectivity index (χ3v) is 9.05. The molecule has 20 heteroatoms. The van der Waals surface area contributed by atoms with Gasteiger partial charge in [-0.15, -0.1) is 0 Å². The van der Waals surface area contributed by atoms with Crippen molar-refractivity contribution < 1.29 is 95.3 Å². The first-order valence-electron chi connectivity index (χ1n) is 20.8. The monoisotopic (exact) mass is 962 g/mol. The Balaban J connectivity index is 1.71. The number of hydrogen-bond acceptors (Lipinski definition) is 20. The molecule has 5 rings (SSSR count). The van der Waals surface area contributed by atoms with Gasteiger partial charge in [0, 0.05) is 34.6 Å². The van der Waals surface area contributed by atoms with E-state index in [1.807, 2.05) is 0 Å². The van der Waals surface area contributed by atoms with Crippen LogP contribution in [0.3, 0.4) is 0 Å². The summed E-state index contributed by atoms with van der Waals surface area (Å²) in [7, 11) is 0. The van der Waals surface area contributed by atoms with Gasteiger partial charge < -0.3 is 47.4 Å². The average Bonchev–Trinajstić information content (AvgIpc) is 3.30. The summed E-state index contributed by atoms with van der Waals surface area (Å²) in [4.78, 5) is 131. The van der Waals surface area contributed by atoms with Gasteiger partial charge in [0.05, 0.1) is 0 Å². The van der Waals surface area contributed by atoms with Crippen LogP contribution in [0.5, 0.6) is 28.7 Å². The van der Waals surface area contributed by atoms with Gasteiger partial charge in [0.25, 0.3) is 0 Å². The summed E-state index contributed by atoms with van der Waals surface area (Å²) >= 11 is 0. The van der Waals surface area contributed by atoms with Crippen LogP contribution in [0.1, 0.15) is 86.4 Å². The molecule has 0 saturated heterocycles. The van der Waals surface area contributed by atoms with E-state index in [1.54, 1.807) is 0 Å². The van der Waals surface area contributed by atoms with E-state index in [9.17, 15) is 47.9 Å². The van der Waals surface area contributed by atoms with Crippen LogP contribution in [-0.2, 0) is 47.7 Å². The summed E-state index contributed by atoms with van der Waals surface area (Å²) < 4.78 is 55.1. The minimum atomic E-state index is -2.24. The molecule has 0 amide bonds. The number of ether oxygens (including phenoxy) is 10. The van der Waals surface area contributed by atoms with E-state index in [0.29, 0.717) is 0 Å². The molecule has 362 valence electrons. The molecular weight excluding hydrogens is 921 g/mol. The van der Waals surface area contributed by atoms with Crippen LogP contribution in [-0.4, -0.2) is 91.2 Å². The van der Waals surface area contributed by atoms with Crippen molar-refractivity contribution in [2.75, 3.05) is 13.2 Å². The van der Waals surface area contributed by atoms with Gasteiger partial charge in [0.1, 0.15) is 69.8 Å². The third-order valence-electron chi connectivity index (χ3n) is 9.05. The maximum absolute atomic E-state index is 14.4. The van der Waals surface area contributed by atoms with Crippen LogP contribution in [0.2, 0.25) is 0 Å². The van der Waals surface area contributed by atoms with E-state index >= 15 is 0 Å². The highest BCUT2D eigenvalue weighted by atomic mass is 16.6. The predicted octanol–water partition coefficient (Wildman–Crippen LogP) is 6.00. The molecule has 2 atom stereocenters. The number of carbonyl (C=O) groups excluding carboxylic acids is 10. The molecule has 0 aliphatic heterocycles. The van der Waals surface area contributed by atoms with Crippen molar-refractivity contribution in [1.29, 1.82) is 0 Å². The molecular formula is C50H42O20. The van der Waals surface area contributed by atoms with Crippen molar-refractivity contribution in [2.45, 2.75) is 52.9 Å². The van der Waals surface area contributed by atoms with E-state index < -0.39 is 108 Å². The molecule has 0 aliphatic rings. The predicted molar refractivity (Wildman–Crippen MR) is 237 cm³/mol. The summed E-state index contributed by atoms with van der Waals surface area (Å²) in [5.74, 6) is -11.9. The molecule has 5 aromatic carbocycles. The van der Waals surface area contributed by atoms with Crippen LogP contribution >= 0.6 is 0 Å². The smallest absolute Gasteiger partial charge is 0.342 e. The van der Waals surface area contributed by atoms with Crippen molar-refractivity contribution >= 4 is 59.7 Å². The Morgan fingerprint density at radius 2 is 0.529 bits per heavy atom. The highest BCUT2D eigenvalue weighted by molar-refractivity contribution is 5.97. The molecule has 70 heavy (non-hydrogen) atoms. The van der Waals surface area contributed by atoms with Gasteiger partial charge in [-0.1, -0.05) is 60.7 Å². The van der Waals surface area contributed by atoms with Crippen LogP contribution in [0.4, 0.5) is 0 Å². The molecule has 0 spiro atoms. The first-order valence-corrected chi connectivity index (χ1v) is 20.8. The first kappa shape index (κ1) is 51.8. The summed E-state index contributed by atoms with van der Waals surface area (Å²) in [6.45, 7) is 3.14. The fourth-order valence-electron chi connectivity index (χ4n) is 6.24. The molecule has 0 fully saturated rings. The van der Waals surface area contributed by atoms with Gasteiger partial charge in [-0.05, 0) is 60.7 Å². The number of benzene rings is 5. The lowest BCUT2D eigenvalue weighted by molar-refractivity contribution is -0.133. The van der Waals surface area contributed by atoms with Crippen molar-refractivity contribution in [3.05, 3.63) is 149 Å². The van der Waals surface area contributed by atoms with Crippen LogP contribution in [0.25, 0.3) is 0 Å². The summed E-state index contributed by atoms with van der Waals surface area (Å²) in [6, 6.07) is 26.5. The second-order valence-electron chi connectivity index (χ2n) is 14.4. The Hall–Kier alpha value is -9.20. The minimum absolute atomic E-state index is 0.242. The average molecular weight is 963 g/mol. The molecule has 0 saturated carbocycles. The zero-order valence-electron chi connectivity index (χ0n) is 37.9. The van der Waals surface area contributed by atoms with Gasteiger partial charge in [0.15, 0.2) is 18.3 Å². The SMILES string of the molecule is CC(=O)Oc1ccccc1C(=O)OCC(OC(=O)c1ccccc1OC(C)=O)C(OC(=O)c1ccccc1OC(C)=O)C(COC(=O)c1ccccc1OC(C)=O)OC(=O)c1ccccc1OC(C)=O. The first-order chi connectivity index (χ1) is 33.4. The minimum Gasteiger partial charge on any atom is -0.458 e.